The Bertz CT molecular complexity index is 891. The Morgan fingerprint density at radius 1 is 1.14 bits per heavy atom. The molecule has 0 bridgehead atoms. The van der Waals surface area contributed by atoms with Crippen LogP contribution in [0.15, 0.2) is 30.3 Å². The largest absolute Gasteiger partial charge is 0.349 e. The van der Waals surface area contributed by atoms with E-state index in [4.69, 9.17) is 11.6 Å². The van der Waals surface area contributed by atoms with E-state index in [1.807, 2.05) is 18.7 Å². The summed E-state index contributed by atoms with van der Waals surface area (Å²) in [7, 11) is 4.38. The second kappa shape index (κ2) is 10.3. The third kappa shape index (κ3) is 5.64. The second-order valence-electron chi connectivity index (χ2n) is 11.9. The van der Waals surface area contributed by atoms with Gasteiger partial charge in [0, 0.05) is 37.5 Å². The van der Waals surface area contributed by atoms with E-state index in [0.29, 0.717) is 31.2 Å². The molecule has 3 amide bonds. The van der Waals surface area contributed by atoms with Crippen LogP contribution in [0.4, 0.5) is 4.79 Å². The van der Waals surface area contributed by atoms with Crippen LogP contribution in [0.1, 0.15) is 70.8 Å². The van der Waals surface area contributed by atoms with E-state index in [-0.39, 0.29) is 23.0 Å². The third-order valence-electron chi connectivity index (χ3n) is 8.47. The van der Waals surface area contributed by atoms with Gasteiger partial charge in [0.15, 0.2) is 0 Å². The maximum atomic E-state index is 13.8. The first-order valence-corrected chi connectivity index (χ1v) is 13.8. The van der Waals surface area contributed by atoms with Crippen LogP contribution in [0.3, 0.4) is 0 Å². The highest BCUT2D eigenvalue weighted by Crippen LogP contribution is 2.50. The van der Waals surface area contributed by atoms with Crippen molar-refractivity contribution in [2.75, 3.05) is 39.6 Å². The smallest absolute Gasteiger partial charge is 0.320 e. The van der Waals surface area contributed by atoms with E-state index in [0.717, 1.165) is 38.8 Å². The summed E-state index contributed by atoms with van der Waals surface area (Å²) in [5.74, 6) is 1.13. The van der Waals surface area contributed by atoms with Crippen LogP contribution in [0, 0.1) is 5.92 Å². The highest BCUT2D eigenvalue weighted by atomic mass is 35.5. The Hall–Kier alpha value is -1.79. The molecule has 6 nitrogen and oxygen atoms in total. The van der Waals surface area contributed by atoms with Gasteiger partial charge in [-0.2, -0.15) is 0 Å². The van der Waals surface area contributed by atoms with Gasteiger partial charge in [-0.3, -0.25) is 9.69 Å². The van der Waals surface area contributed by atoms with Crippen LogP contribution in [0.5, 0.6) is 0 Å². The topological polar surface area (TPSA) is 55.9 Å². The summed E-state index contributed by atoms with van der Waals surface area (Å²) in [5.41, 5.74) is 0.772. The van der Waals surface area contributed by atoms with Crippen LogP contribution in [0.25, 0.3) is 0 Å². The molecule has 1 N–H and O–H groups in total. The van der Waals surface area contributed by atoms with E-state index in [1.165, 1.54) is 18.4 Å². The number of rotatable bonds is 10. The van der Waals surface area contributed by atoms with Gasteiger partial charge in [0.2, 0.25) is 5.91 Å². The highest BCUT2D eigenvalue weighted by molar-refractivity contribution is 6.17. The number of nitrogens with zero attached hydrogens (tertiary/aromatic N) is 3. The number of hydrogen-bond acceptors (Lipinski definition) is 3. The molecule has 35 heavy (non-hydrogen) atoms. The zero-order valence-corrected chi connectivity index (χ0v) is 22.7. The highest BCUT2D eigenvalue weighted by Gasteiger charge is 2.55. The zero-order valence-electron chi connectivity index (χ0n) is 22.0. The quantitative estimate of drug-likeness (QED) is 0.467. The number of hydrogen-bond donors (Lipinski definition) is 1. The summed E-state index contributed by atoms with van der Waals surface area (Å²) >= 11 is 5.76. The fourth-order valence-electron chi connectivity index (χ4n) is 6.32. The van der Waals surface area contributed by atoms with Gasteiger partial charge in [-0.25, -0.2) is 4.79 Å². The SMILES string of the molecule is CN(C)[C@]1(c2ccccc2)CC[C@]2(CC1)CN(CC(C)(C)NC(=O)CCCCl)C(=O)N2CC1CC1. The van der Waals surface area contributed by atoms with Crippen LogP contribution in [0.2, 0.25) is 0 Å². The summed E-state index contributed by atoms with van der Waals surface area (Å²) < 4.78 is 0. The number of halogens is 1. The van der Waals surface area contributed by atoms with Crippen molar-refractivity contribution in [1.82, 2.24) is 20.0 Å². The van der Waals surface area contributed by atoms with E-state index in [9.17, 15) is 9.59 Å². The second-order valence-corrected chi connectivity index (χ2v) is 12.3. The van der Waals surface area contributed by atoms with Crippen molar-refractivity contribution < 1.29 is 9.59 Å². The molecule has 1 aliphatic heterocycles. The van der Waals surface area contributed by atoms with E-state index >= 15 is 0 Å². The zero-order chi connectivity index (χ0) is 25.3. The normalized spacial score (nSPS) is 27.2. The number of alkyl halides is 1. The summed E-state index contributed by atoms with van der Waals surface area (Å²) in [5, 5.41) is 3.13. The number of benzene rings is 1. The first kappa shape index (κ1) is 26.3. The molecule has 2 saturated carbocycles. The van der Waals surface area contributed by atoms with Gasteiger partial charge < -0.3 is 15.1 Å². The molecular weight excluding hydrogens is 460 g/mol. The molecule has 0 aromatic heterocycles. The summed E-state index contributed by atoms with van der Waals surface area (Å²) in [6.07, 6.45) is 7.61. The molecule has 1 saturated heterocycles. The summed E-state index contributed by atoms with van der Waals surface area (Å²) in [4.78, 5) is 32.7. The van der Waals surface area contributed by atoms with Gasteiger partial charge in [-0.1, -0.05) is 30.3 Å². The van der Waals surface area contributed by atoms with Gasteiger partial charge in [0.25, 0.3) is 0 Å². The Labute approximate surface area is 216 Å². The van der Waals surface area contributed by atoms with Gasteiger partial charge in [-0.15, -0.1) is 11.6 Å². The third-order valence-corrected chi connectivity index (χ3v) is 8.74. The van der Waals surface area contributed by atoms with Crippen molar-refractivity contribution in [2.24, 2.45) is 5.92 Å². The van der Waals surface area contributed by atoms with Gasteiger partial charge >= 0.3 is 6.03 Å². The molecule has 1 aromatic carbocycles. The van der Waals surface area contributed by atoms with Crippen LogP contribution in [-0.2, 0) is 10.3 Å². The molecule has 0 radical (unpaired) electrons. The van der Waals surface area contributed by atoms with Crippen molar-refractivity contribution in [2.45, 2.75) is 81.8 Å². The maximum absolute atomic E-state index is 13.8. The molecular formula is C28H43ClN4O2. The fourth-order valence-corrected chi connectivity index (χ4v) is 6.45. The van der Waals surface area contributed by atoms with Crippen LogP contribution >= 0.6 is 11.6 Å². The van der Waals surface area contributed by atoms with E-state index in [2.05, 4.69) is 59.5 Å². The minimum Gasteiger partial charge on any atom is -0.349 e. The van der Waals surface area contributed by atoms with E-state index < -0.39 is 5.54 Å². The lowest BCUT2D eigenvalue weighted by Crippen LogP contribution is -2.55. The Kier molecular flexibility index (Phi) is 7.73. The van der Waals surface area contributed by atoms with Crippen molar-refractivity contribution in [3.05, 3.63) is 35.9 Å². The maximum Gasteiger partial charge on any atom is 0.320 e. The molecule has 3 aliphatic rings. The summed E-state index contributed by atoms with van der Waals surface area (Å²) in [6.45, 7) is 6.18. The number of nitrogens with one attached hydrogen (secondary N) is 1. The lowest BCUT2D eigenvalue weighted by atomic mass is 9.68. The molecule has 194 valence electrons. The molecule has 1 aromatic rings. The van der Waals surface area contributed by atoms with Crippen molar-refractivity contribution in [1.29, 1.82) is 0 Å². The lowest BCUT2D eigenvalue weighted by Gasteiger charge is -2.51. The first-order chi connectivity index (χ1) is 16.6. The fraction of sp³-hybridized carbons (Fsp3) is 0.714. The van der Waals surface area contributed by atoms with Crippen LogP contribution in [-0.4, -0.2) is 77.3 Å². The average Bonchev–Trinajstić information content (AvgIpc) is 3.61. The van der Waals surface area contributed by atoms with Gasteiger partial charge in [0.1, 0.15) is 0 Å². The molecule has 1 heterocycles. The standard InChI is InChI=1S/C28H43ClN4O2/c1-26(2,30-24(34)11-8-18-29)20-32-21-27(33(25(32)35)19-22-12-13-22)14-16-28(17-15-27,31(3)4)23-9-6-5-7-10-23/h5-7,9-10,22H,8,11-21H2,1-4H3,(H,30,34)/t27-,28+. The van der Waals surface area contributed by atoms with Crippen LogP contribution < -0.4 is 5.32 Å². The average molecular weight is 503 g/mol. The molecule has 1 spiro atoms. The molecule has 3 fully saturated rings. The predicted octanol–water partition coefficient (Wildman–Crippen LogP) is 4.82. The monoisotopic (exact) mass is 502 g/mol. The number of urea groups is 1. The molecule has 0 atom stereocenters. The predicted molar refractivity (Wildman–Crippen MR) is 142 cm³/mol. The molecule has 2 aliphatic carbocycles. The van der Waals surface area contributed by atoms with Gasteiger partial charge in [-0.05, 0) is 84.4 Å². The van der Waals surface area contributed by atoms with Crippen molar-refractivity contribution in [3.63, 3.8) is 0 Å². The Balaban J connectivity index is 1.51. The molecule has 7 heteroatoms. The van der Waals surface area contributed by atoms with E-state index in [1.54, 1.807) is 0 Å². The number of amides is 3. The first-order valence-electron chi connectivity index (χ1n) is 13.3. The number of carbonyl (C=O) groups excluding carboxylic acids is 2. The Morgan fingerprint density at radius 3 is 2.37 bits per heavy atom. The minimum absolute atomic E-state index is 0.00291. The Morgan fingerprint density at radius 2 is 1.80 bits per heavy atom. The summed E-state index contributed by atoms with van der Waals surface area (Å²) in [6, 6.07) is 11.0. The van der Waals surface area contributed by atoms with Crippen molar-refractivity contribution >= 4 is 23.5 Å². The minimum atomic E-state index is -0.484. The lowest BCUT2D eigenvalue weighted by molar-refractivity contribution is -0.122. The molecule has 4 rings (SSSR count). The number of carbonyl (C=O) groups is 2. The van der Waals surface area contributed by atoms with Gasteiger partial charge in [0.05, 0.1) is 11.1 Å². The van der Waals surface area contributed by atoms with Crippen molar-refractivity contribution in [3.8, 4) is 0 Å². The molecule has 0 unspecified atom stereocenters.